The van der Waals surface area contributed by atoms with Crippen LogP contribution < -0.4 is 0 Å². The van der Waals surface area contributed by atoms with Gasteiger partial charge in [-0.05, 0) is 25.7 Å². The maximum Gasteiger partial charge on any atom is 0.328 e. The molecule has 1 saturated carbocycles. The van der Waals surface area contributed by atoms with Crippen molar-refractivity contribution in [1.82, 2.24) is 0 Å². The van der Waals surface area contributed by atoms with E-state index in [1.165, 1.54) is 24.5 Å². The SMILES string of the molecule is O=C(O)/C=C\C=C1CCCC1. The Morgan fingerprint density at radius 1 is 1.36 bits per heavy atom. The molecule has 11 heavy (non-hydrogen) atoms. The van der Waals surface area contributed by atoms with Gasteiger partial charge in [-0.25, -0.2) is 4.79 Å². The van der Waals surface area contributed by atoms with E-state index in [2.05, 4.69) is 0 Å². The van der Waals surface area contributed by atoms with Crippen LogP contribution in [-0.2, 0) is 4.79 Å². The van der Waals surface area contributed by atoms with Gasteiger partial charge in [0.2, 0.25) is 0 Å². The summed E-state index contributed by atoms with van der Waals surface area (Å²) in [5, 5.41) is 8.27. The normalized spacial score (nSPS) is 17.6. The molecule has 0 unspecified atom stereocenters. The van der Waals surface area contributed by atoms with Crippen LogP contribution in [0.15, 0.2) is 23.8 Å². The number of hydrogen-bond acceptors (Lipinski definition) is 1. The molecule has 0 heterocycles. The summed E-state index contributed by atoms with van der Waals surface area (Å²) in [6.07, 6.45) is 9.50. The summed E-state index contributed by atoms with van der Waals surface area (Å²) in [4.78, 5) is 10.1. The monoisotopic (exact) mass is 152 g/mol. The standard InChI is InChI=1S/C9H12O2/c10-9(11)7-3-6-8-4-1-2-5-8/h3,6-7H,1-2,4-5H2,(H,10,11)/b7-3-. The fraction of sp³-hybridized carbons (Fsp3) is 0.444. The van der Waals surface area contributed by atoms with Crippen molar-refractivity contribution in [2.24, 2.45) is 0 Å². The quantitative estimate of drug-likeness (QED) is 0.615. The first-order valence-corrected chi connectivity index (χ1v) is 3.88. The fourth-order valence-corrected chi connectivity index (χ4v) is 1.26. The number of hydrogen-bond donors (Lipinski definition) is 1. The van der Waals surface area contributed by atoms with Crippen molar-refractivity contribution in [3.63, 3.8) is 0 Å². The van der Waals surface area contributed by atoms with Crippen molar-refractivity contribution in [2.45, 2.75) is 25.7 Å². The third-order valence-electron chi connectivity index (χ3n) is 1.82. The summed E-state index contributed by atoms with van der Waals surface area (Å²) in [5.41, 5.74) is 1.38. The second-order valence-electron chi connectivity index (χ2n) is 2.73. The first-order chi connectivity index (χ1) is 5.29. The summed E-state index contributed by atoms with van der Waals surface area (Å²) in [7, 11) is 0. The zero-order chi connectivity index (χ0) is 8.10. The maximum absolute atomic E-state index is 10.1. The molecule has 1 N–H and O–H groups in total. The lowest BCUT2D eigenvalue weighted by atomic mass is 10.2. The molecular formula is C9H12O2. The highest BCUT2D eigenvalue weighted by Gasteiger charge is 2.03. The van der Waals surface area contributed by atoms with Gasteiger partial charge < -0.3 is 5.11 Å². The van der Waals surface area contributed by atoms with Crippen molar-refractivity contribution in [1.29, 1.82) is 0 Å². The zero-order valence-electron chi connectivity index (χ0n) is 6.42. The minimum Gasteiger partial charge on any atom is -0.478 e. The fourth-order valence-electron chi connectivity index (χ4n) is 1.26. The number of carboxylic acid groups (broad SMARTS) is 1. The molecule has 2 heteroatoms. The Hall–Kier alpha value is -1.05. The minimum absolute atomic E-state index is 0.875. The third kappa shape index (κ3) is 3.03. The largest absolute Gasteiger partial charge is 0.478 e. The molecule has 0 atom stereocenters. The topological polar surface area (TPSA) is 37.3 Å². The van der Waals surface area contributed by atoms with E-state index in [0.717, 1.165) is 12.8 Å². The Kier molecular flexibility index (Phi) is 2.90. The van der Waals surface area contributed by atoms with Gasteiger partial charge in [0.05, 0.1) is 0 Å². The van der Waals surface area contributed by atoms with E-state index in [0.29, 0.717) is 0 Å². The van der Waals surface area contributed by atoms with Crippen LogP contribution in [0.25, 0.3) is 0 Å². The van der Waals surface area contributed by atoms with Crippen molar-refractivity contribution >= 4 is 5.97 Å². The molecule has 0 aromatic carbocycles. The van der Waals surface area contributed by atoms with Gasteiger partial charge in [0, 0.05) is 6.08 Å². The molecule has 0 radical (unpaired) electrons. The van der Waals surface area contributed by atoms with Gasteiger partial charge in [-0.2, -0.15) is 0 Å². The van der Waals surface area contributed by atoms with Gasteiger partial charge in [0.25, 0.3) is 0 Å². The van der Waals surface area contributed by atoms with Crippen molar-refractivity contribution in [3.05, 3.63) is 23.8 Å². The average Bonchev–Trinajstić information content (AvgIpc) is 2.39. The Morgan fingerprint density at radius 3 is 2.55 bits per heavy atom. The van der Waals surface area contributed by atoms with E-state index < -0.39 is 5.97 Å². The summed E-state index contributed by atoms with van der Waals surface area (Å²) >= 11 is 0. The van der Waals surface area contributed by atoms with Crippen LogP contribution in [0.4, 0.5) is 0 Å². The van der Waals surface area contributed by atoms with E-state index in [4.69, 9.17) is 5.11 Å². The highest BCUT2D eigenvalue weighted by atomic mass is 16.4. The number of carboxylic acids is 1. The summed E-state index contributed by atoms with van der Waals surface area (Å²) < 4.78 is 0. The van der Waals surface area contributed by atoms with E-state index in [-0.39, 0.29) is 0 Å². The lowest BCUT2D eigenvalue weighted by Crippen LogP contribution is -1.84. The molecule has 0 spiro atoms. The molecule has 0 aromatic rings. The molecule has 0 aromatic heterocycles. The van der Waals surface area contributed by atoms with E-state index in [9.17, 15) is 4.79 Å². The Morgan fingerprint density at radius 2 is 2.00 bits per heavy atom. The predicted molar refractivity (Wildman–Crippen MR) is 43.3 cm³/mol. The highest BCUT2D eigenvalue weighted by Crippen LogP contribution is 2.23. The van der Waals surface area contributed by atoms with Gasteiger partial charge in [-0.1, -0.05) is 17.7 Å². The van der Waals surface area contributed by atoms with Crippen molar-refractivity contribution in [3.8, 4) is 0 Å². The van der Waals surface area contributed by atoms with Gasteiger partial charge in [-0.3, -0.25) is 0 Å². The van der Waals surface area contributed by atoms with Crippen molar-refractivity contribution in [2.75, 3.05) is 0 Å². The van der Waals surface area contributed by atoms with Crippen LogP contribution in [-0.4, -0.2) is 11.1 Å². The first kappa shape index (κ1) is 8.05. The summed E-state index contributed by atoms with van der Waals surface area (Å²) in [6, 6.07) is 0. The van der Waals surface area contributed by atoms with Gasteiger partial charge in [-0.15, -0.1) is 0 Å². The number of allylic oxidation sites excluding steroid dienone is 3. The maximum atomic E-state index is 10.1. The zero-order valence-corrected chi connectivity index (χ0v) is 6.42. The minimum atomic E-state index is -0.875. The average molecular weight is 152 g/mol. The molecular weight excluding hydrogens is 140 g/mol. The Balaban J connectivity index is 2.39. The summed E-state index contributed by atoms with van der Waals surface area (Å²) in [6.45, 7) is 0. The number of aliphatic carboxylic acids is 1. The lowest BCUT2D eigenvalue weighted by molar-refractivity contribution is -0.131. The Labute approximate surface area is 66.2 Å². The van der Waals surface area contributed by atoms with Gasteiger partial charge in [0.15, 0.2) is 0 Å². The molecule has 60 valence electrons. The van der Waals surface area contributed by atoms with E-state index >= 15 is 0 Å². The Bertz CT molecular complexity index is 194. The number of carbonyl (C=O) groups is 1. The molecule has 2 nitrogen and oxygen atoms in total. The van der Waals surface area contributed by atoms with Crippen LogP contribution in [0.1, 0.15) is 25.7 Å². The first-order valence-electron chi connectivity index (χ1n) is 3.88. The molecule has 0 bridgehead atoms. The lowest BCUT2D eigenvalue weighted by Gasteiger charge is -1.88. The molecule has 0 saturated heterocycles. The molecule has 1 aliphatic carbocycles. The molecule has 1 fully saturated rings. The highest BCUT2D eigenvalue weighted by molar-refractivity contribution is 5.80. The third-order valence-corrected chi connectivity index (χ3v) is 1.82. The number of rotatable bonds is 2. The molecule has 0 amide bonds. The van der Waals surface area contributed by atoms with Crippen LogP contribution in [0, 0.1) is 0 Å². The van der Waals surface area contributed by atoms with Gasteiger partial charge in [0.1, 0.15) is 0 Å². The van der Waals surface area contributed by atoms with Crippen LogP contribution in [0.3, 0.4) is 0 Å². The molecule has 1 rings (SSSR count). The predicted octanol–water partition coefficient (Wildman–Crippen LogP) is 2.13. The molecule has 0 aliphatic heterocycles. The van der Waals surface area contributed by atoms with E-state index in [1.54, 1.807) is 6.08 Å². The van der Waals surface area contributed by atoms with Crippen LogP contribution in [0.5, 0.6) is 0 Å². The van der Waals surface area contributed by atoms with Gasteiger partial charge >= 0.3 is 5.97 Å². The molecule has 1 aliphatic rings. The second-order valence-corrected chi connectivity index (χ2v) is 2.73. The second kappa shape index (κ2) is 3.96. The van der Waals surface area contributed by atoms with E-state index in [1.807, 2.05) is 6.08 Å². The smallest absolute Gasteiger partial charge is 0.328 e. The van der Waals surface area contributed by atoms with Crippen LogP contribution in [0.2, 0.25) is 0 Å². The summed E-state index contributed by atoms with van der Waals surface area (Å²) in [5.74, 6) is -0.875. The van der Waals surface area contributed by atoms with Crippen LogP contribution >= 0.6 is 0 Å². The van der Waals surface area contributed by atoms with Crippen molar-refractivity contribution < 1.29 is 9.90 Å².